The van der Waals surface area contributed by atoms with Gasteiger partial charge in [-0.2, -0.15) is 0 Å². The number of nitrogens with zero attached hydrogens (tertiary/aromatic N) is 3. The molecule has 7 aromatic carbocycles. The predicted octanol–water partition coefficient (Wildman–Crippen LogP) is 15.9. The molecule has 0 bridgehead atoms. The van der Waals surface area contributed by atoms with E-state index in [2.05, 4.69) is 244 Å². The van der Waals surface area contributed by atoms with Crippen molar-refractivity contribution in [3.05, 3.63) is 178 Å². The summed E-state index contributed by atoms with van der Waals surface area (Å²) in [6.07, 6.45) is 2.29. The van der Waals surface area contributed by atoms with Crippen LogP contribution in [0.4, 0.5) is 51.2 Å². The molecule has 0 spiro atoms. The van der Waals surface area contributed by atoms with Gasteiger partial charge >= 0.3 is 0 Å². The lowest BCUT2D eigenvalue weighted by atomic mass is 9.35. The normalized spacial score (nSPS) is 15.8. The quantitative estimate of drug-likeness (QED) is 0.161. The van der Waals surface area contributed by atoms with Crippen molar-refractivity contribution in [1.82, 2.24) is 0 Å². The van der Waals surface area contributed by atoms with Gasteiger partial charge in [0.2, 0.25) is 0 Å². The first kappa shape index (κ1) is 44.1. The molecule has 0 radical (unpaired) electrons. The number of para-hydroxylation sites is 1. The minimum absolute atomic E-state index is 0.0192. The number of hydrogen-bond acceptors (Lipinski definition) is 4. The Balaban J connectivity index is 1.23. The van der Waals surface area contributed by atoms with Gasteiger partial charge in [0.1, 0.15) is 5.58 Å². The zero-order chi connectivity index (χ0) is 47.8. The Hall–Kier alpha value is -6.46. The van der Waals surface area contributed by atoms with Crippen LogP contribution in [0, 0.1) is 20.8 Å². The molecule has 4 nitrogen and oxygen atoms in total. The highest BCUT2D eigenvalue weighted by molar-refractivity contribution is 7.00. The average Bonchev–Trinajstić information content (AvgIpc) is 3.66. The third-order valence-corrected chi connectivity index (χ3v) is 15.6. The minimum atomic E-state index is -0.161. The third-order valence-electron chi connectivity index (χ3n) is 15.6. The van der Waals surface area contributed by atoms with E-state index in [0.717, 1.165) is 63.9 Å². The molecule has 1 aliphatic carbocycles. The highest BCUT2D eigenvalue weighted by Gasteiger charge is 2.48. The van der Waals surface area contributed by atoms with Crippen molar-refractivity contribution in [1.29, 1.82) is 0 Å². The van der Waals surface area contributed by atoms with Crippen molar-refractivity contribution in [3.63, 3.8) is 0 Å². The minimum Gasteiger partial charge on any atom is -0.468 e. The summed E-state index contributed by atoms with van der Waals surface area (Å²) in [5.74, 6) is 0. The first-order chi connectivity index (χ1) is 32.2. The highest BCUT2D eigenvalue weighted by atomic mass is 16.3. The Labute approximate surface area is 405 Å². The van der Waals surface area contributed by atoms with E-state index in [0.29, 0.717) is 0 Å². The molecule has 0 saturated carbocycles. The van der Waals surface area contributed by atoms with Crippen molar-refractivity contribution in [2.24, 2.45) is 0 Å². The lowest BCUT2D eigenvalue weighted by molar-refractivity contribution is 0.332. The maximum absolute atomic E-state index is 7.55. The summed E-state index contributed by atoms with van der Waals surface area (Å²) in [5.41, 5.74) is 24.1. The van der Waals surface area contributed by atoms with Crippen molar-refractivity contribution >= 4 is 85.5 Å². The molecule has 342 valence electrons. The number of fused-ring (bicyclic) bond motifs is 7. The Morgan fingerprint density at radius 3 is 1.72 bits per heavy atom. The number of hydrogen-bond donors (Lipinski definition) is 0. The third kappa shape index (κ3) is 7.02. The van der Waals surface area contributed by atoms with E-state index >= 15 is 0 Å². The van der Waals surface area contributed by atoms with E-state index in [4.69, 9.17) is 4.42 Å². The molecule has 3 aliphatic rings. The van der Waals surface area contributed by atoms with Crippen LogP contribution in [0.3, 0.4) is 0 Å². The van der Waals surface area contributed by atoms with E-state index < -0.39 is 0 Å². The van der Waals surface area contributed by atoms with E-state index in [1.807, 2.05) is 0 Å². The van der Waals surface area contributed by atoms with Gasteiger partial charge in [-0.15, -0.1) is 0 Å². The van der Waals surface area contributed by atoms with Crippen LogP contribution in [0.5, 0.6) is 0 Å². The molecule has 8 aromatic rings. The van der Waals surface area contributed by atoms with Gasteiger partial charge in [-0.3, -0.25) is 0 Å². The molecule has 0 fully saturated rings. The first-order valence-electron chi connectivity index (χ1n) is 24.8. The van der Waals surface area contributed by atoms with E-state index in [-0.39, 0.29) is 28.4 Å². The highest BCUT2D eigenvalue weighted by Crippen LogP contribution is 2.52. The molecule has 11 rings (SSSR count). The van der Waals surface area contributed by atoms with Crippen LogP contribution >= 0.6 is 0 Å². The second-order valence-electron chi connectivity index (χ2n) is 23.6. The molecule has 0 unspecified atom stereocenters. The number of furan rings is 1. The lowest BCUT2D eigenvalue weighted by Gasteiger charge is -2.43. The van der Waals surface area contributed by atoms with E-state index in [9.17, 15) is 0 Å². The molecular formula is C63H66BN3O. The van der Waals surface area contributed by atoms with Crippen LogP contribution in [0.1, 0.15) is 121 Å². The van der Waals surface area contributed by atoms with Crippen LogP contribution in [0.2, 0.25) is 0 Å². The van der Waals surface area contributed by atoms with Crippen LogP contribution in [0.15, 0.2) is 144 Å². The SMILES string of the molecule is Cc1cccc(N(c2ccc3c(c2)N(c2ccc(C(C)(C)C)cc2)c2cc(C)cc4c2B3c2oc3cc5c(cc3c2N4c2ccc(C(C)(C)C)cc2)C(C)(C)CCC5(C)C)c2ccccc2C)c1. The lowest BCUT2D eigenvalue weighted by Crippen LogP contribution is -2.61. The first-order valence-corrected chi connectivity index (χ1v) is 24.8. The Morgan fingerprint density at radius 2 is 1.12 bits per heavy atom. The molecule has 0 saturated heterocycles. The monoisotopic (exact) mass is 892 g/mol. The maximum atomic E-state index is 7.55. The van der Waals surface area contributed by atoms with Crippen LogP contribution in [-0.2, 0) is 21.7 Å². The smallest absolute Gasteiger partial charge is 0.297 e. The fourth-order valence-electron chi connectivity index (χ4n) is 11.6. The van der Waals surface area contributed by atoms with Crippen molar-refractivity contribution < 1.29 is 4.42 Å². The molecule has 0 atom stereocenters. The molecule has 1 aromatic heterocycles. The van der Waals surface area contributed by atoms with Gasteiger partial charge in [0.05, 0.1) is 11.3 Å². The van der Waals surface area contributed by atoms with Crippen LogP contribution in [-0.4, -0.2) is 6.71 Å². The molecule has 3 heterocycles. The standard InChI is InChI=1S/C63H66BN3O/c1-39-17-16-19-46(33-39)65(52-20-15-14-18-41(52)3)47-29-30-51-53(36-47)66(44-25-21-42(22-26-44)60(4,5)6)54-34-40(2)35-55-57(54)64(51)59-58(67(55)45-27-23-43(24-28-45)61(7,8)9)48-37-49-50(38-56(48)68-59)63(12,13)32-31-62(49,10)11/h14-30,33-38H,31-32H2,1-13H3. The van der Waals surface area contributed by atoms with Crippen LogP contribution in [0.25, 0.3) is 11.0 Å². The Morgan fingerprint density at radius 1 is 0.544 bits per heavy atom. The molecular weight excluding hydrogens is 826 g/mol. The molecule has 2 aliphatic heterocycles. The van der Waals surface area contributed by atoms with Crippen LogP contribution < -0.4 is 31.3 Å². The molecule has 5 heteroatoms. The Kier molecular flexibility index (Phi) is 9.90. The van der Waals surface area contributed by atoms with Gasteiger partial charge in [-0.05, 0) is 184 Å². The fourth-order valence-corrected chi connectivity index (χ4v) is 11.6. The summed E-state index contributed by atoms with van der Waals surface area (Å²) in [6.45, 7) is 30.0. The molecule has 0 N–H and O–H groups in total. The Bertz CT molecular complexity index is 3300. The van der Waals surface area contributed by atoms with Gasteiger partial charge < -0.3 is 19.1 Å². The molecule has 0 amide bonds. The second kappa shape index (κ2) is 15.3. The van der Waals surface area contributed by atoms with Gasteiger partial charge in [0.25, 0.3) is 6.71 Å². The summed E-state index contributed by atoms with van der Waals surface area (Å²) < 4.78 is 7.55. The van der Waals surface area contributed by atoms with Crippen molar-refractivity contribution in [2.75, 3.05) is 14.7 Å². The summed E-state index contributed by atoms with van der Waals surface area (Å²) in [6, 6.07) is 53.2. The summed E-state index contributed by atoms with van der Waals surface area (Å²) in [5, 5.41) is 1.18. The predicted molar refractivity (Wildman–Crippen MR) is 292 cm³/mol. The zero-order valence-corrected chi connectivity index (χ0v) is 42.5. The summed E-state index contributed by atoms with van der Waals surface area (Å²) in [4.78, 5) is 7.52. The topological polar surface area (TPSA) is 22.9 Å². The number of benzene rings is 7. The van der Waals surface area contributed by atoms with E-state index in [1.54, 1.807) is 0 Å². The molecule has 68 heavy (non-hydrogen) atoms. The van der Waals surface area contributed by atoms with Gasteiger partial charge in [0.15, 0.2) is 0 Å². The van der Waals surface area contributed by atoms with Gasteiger partial charge in [-0.25, -0.2) is 0 Å². The largest absolute Gasteiger partial charge is 0.468 e. The zero-order valence-electron chi connectivity index (χ0n) is 42.5. The summed E-state index contributed by atoms with van der Waals surface area (Å²) >= 11 is 0. The van der Waals surface area contributed by atoms with Gasteiger partial charge in [-0.1, -0.05) is 130 Å². The van der Waals surface area contributed by atoms with Gasteiger partial charge in [0, 0.05) is 50.9 Å². The fraction of sp³-hybridized carbons (Fsp3) is 0.302. The van der Waals surface area contributed by atoms with Crippen molar-refractivity contribution in [2.45, 2.75) is 125 Å². The number of anilines is 9. The number of rotatable bonds is 5. The maximum Gasteiger partial charge on any atom is 0.297 e. The summed E-state index contributed by atoms with van der Waals surface area (Å²) in [7, 11) is 0. The van der Waals surface area contributed by atoms with Crippen molar-refractivity contribution in [3.8, 4) is 0 Å². The average molecular weight is 892 g/mol. The number of aryl methyl sites for hydroxylation is 3. The second-order valence-corrected chi connectivity index (χ2v) is 23.6. The van der Waals surface area contributed by atoms with E-state index in [1.165, 1.54) is 66.6 Å².